The van der Waals surface area contributed by atoms with Crippen molar-refractivity contribution in [3.63, 3.8) is 0 Å². The molecule has 5 nitrogen and oxygen atoms in total. The maximum Gasteiger partial charge on any atom is 0.210 e. The van der Waals surface area contributed by atoms with E-state index < -0.39 is 10.0 Å². The molecule has 0 saturated carbocycles. The number of para-hydroxylation sites is 1. The van der Waals surface area contributed by atoms with E-state index in [1.165, 1.54) is 0 Å². The molecule has 0 aliphatic rings. The van der Waals surface area contributed by atoms with Gasteiger partial charge >= 0.3 is 0 Å². The largest absolute Gasteiger partial charge is 0.508 e. The summed E-state index contributed by atoms with van der Waals surface area (Å²) in [4.78, 5) is 0. The Bertz CT molecular complexity index is 417. The van der Waals surface area contributed by atoms with Crippen LogP contribution in [0.15, 0.2) is 24.3 Å². The molecule has 1 rings (SSSR count). The molecule has 0 bridgehead atoms. The summed E-state index contributed by atoms with van der Waals surface area (Å²) >= 11 is 0. The number of primary sulfonamides is 1. The molecule has 0 atom stereocenters. The van der Waals surface area contributed by atoms with E-state index in [2.05, 4.69) is 5.32 Å². The van der Waals surface area contributed by atoms with Crippen LogP contribution in [-0.2, 0) is 16.6 Å². The Morgan fingerprint density at radius 3 is 2.60 bits per heavy atom. The highest BCUT2D eigenvalue weighted by molar-refractivity contribution is 7.89. The van der Waals surface area contributed by atoms with Crippen molar-refractivity contribution in [2.45, 2.75) is 6.54 Å². The van der Waals surface area contributed by atoms with E-state index in [9.17, 15) is 13.5 Å². The Morgan fingerprint density at radius 1 is 1.33 bits per heavy atom. The van der Waals surface area contributed by atoms with Gasteiger partial charge in [0, 0.05) is 18.7 Å². The van der Waals surface area contributed by atoms with Gasteiger partial charge in [0.15, 0.2) is 0 Å². The van der Waals surface area contributed by atoms with E-state index in [0.29, 0.717) is 6.54 Å². The van der Waals surface area contributed by atoms with E-state index >= 15 is 0 Å². The molecule has 0 amide bonds. The zero-order valence-corrected chi connectivity index (χ0v) is 9.00. The summed E-state index contributed by atoms with van der Waals surface area (Å²) in [6.45, 7) is 0.690. The molecule has 1 aromatic carbocycles. The number of nitrogens with two attached hydrogens (primary N) is 1. The lowest BCUT2D eigenvalue weighted by Crippen LogP contribution is -2.26. The molecule has 0 heterocycles. The van der Waals surface area contributed by atoms with E-state index in [-0.39, 0.29) is 18.0 Å². The van der Waals surface area contributed by atoms with Crippen molar-refractivity contribution >= 4 is 10.0 Å². The van der Waals surface area contributed by atoms with Crippen LogP contribution in [0.2, 0.25) is 0 Å². The lowest BCUT2D eigenvalue weighted by molar-refractivity contribution is 0.465. The SMILES string of the molecule is NS(=O)(=O)CCNCc1ccccc1O. The van der Waals surface area contributed by atoms with Crippen LogP contribution in [0.1, 0.15) is 5.56 Å². The number of hydrogen-bond acceptors (Lipinski definition) is 4. The summed E-state index contributed by atoms with van der Waals surface area (Å²) in [6, 6.07) is 6.87. The number of benzene rings is 1. The first kappa shape index (κ1) is 12.0. The van der Waals surface area contributed by atoms with Gasteiger partial charge in [0.25, 0.3) is 0 Å². The van der Waals surface area contributed by atoms with Crippen LogP contribution in [0.5, 0.6) is 5.75 Å². The number of phenols is 1. The standard InChI is InChI=1S/C9H14N2O3S/c10-15(13,14)6-5-11-7-8-3-1-2-4-9(8)12/h1-4,11-12H,5-7H2,(H2,10,13,14). The fraction of sp³-hybridized carbons (Fsp3) is 0.333. The third-order valence-electron chi connectivity index (χ3n) is 1.87. The smallest absolute Gasteiger partial charge is 0.210 e. The maximum atomic E-state index is 10.6. The number of phenolic OH excluding ortho intramolecular Hbond substituents is 1. The second-order valence-electron chi connectivity index (χ2n) is 3.17. The van der Waals surface area contributed by atoms with Gasteiger partial charge in [-0.25, -0.2) is 13.6 Å². The van der Waals surface area contributed by atoms with Gasteiger partial charge in [-0.05, 0) is 6.07 Å². The summed E-state index contributed by atoms with van der Waals surface area (Å²) in [5, 5.41) is 17.1. The van der Waals surface area contributed by atoms with Crippen molar-refractivity contribution < 1.29 is 13.5 Å². The second kappa shape index (κ2) is 5.11. The Hall–Kier alpha value is -1.11. The summed E-state index contributed by atoms with van der Waals surface area (Å²) in [7, 11) is -3.41. The van der Waals surface area contributed by atoms with E-state index in [1.807, 2.05) is 0 Å². The second-order valence-corrected chi connectivity index (χ2v) is 4.91. The van der Waals surface area contributed by atoms with Crippen molar-refractivity contribution in [1.29, 1.82) is 0 Å². The third kappa shape index (κ3) is 4.78. The molecule has 0 aliphatic carbocycles. The van der Waals surface area contributed by atoms with Crippen LogP contribution in [0.3, 0.4) is 0 Å². The minimum atomic E-state index is -3.41. The third-order valence-corrected chi connectivity index (χ3v) is 2.64. The van der Waals surface area contributed by atoms with Crippen molar-refractivity contribution in [3.8, 4) is 5.75 Å². The van der Waals surface area contributed by atoms with Crippen molar-refractivity contribution in [2.24, 2.45) is 5.14 Å². The van der Waals surface area contributed by atoms with Crippen LogP contribution < -0.4 is 10.5 Å². The van der Waals surface area contributed by atoms with Crippen LogP contribution in [0, 0.1) is 0 Å². The molecule has 0 aliphatic heterocycles. The summed E-state index contributed by atoms with van der Waals surface area (Å²) in [5.74, 6) is 0.0845. The molecule has 4 N–H and O–H groups in total. The van der Waals surface area contributed by atoms with Gasteiger partial charge in [0.1, 0.15) is 5.75 Å². The molecule has 6 heteroatoms. The van der Waals surface area contributed by atoms with Gasteiger partial charge in [-0.2, -0.15) is 0 Å². The Kier molecular flexibility index (Phi) is 4.07. The molecular weight excluding hydrogens is 216 g/mol. The molecular formula is C9H14N2O3S. The minimum Gasteiger partial charge on any atom is -0.508 e. The minimum absolute atomic E-state index is 0.111. The quantitative estimate of drug-likeness (QED) is 0.609. The number of nitrogens with one attached hydrogen (secondary N) is 1. The average Bonchev–Trinajstić information content (AvgIpc) is 2.13. The average molecular weight is 230 g/mol. The normalized spacial score (nSPS) is 11.5. The van der Waals surface area contributed by atoms with E-state index in [0.717, 1.165) is 5.56 Å². The topological polar surface area (TPSA) is 92.4 Å². The highest BCUT2D eigenvalue weighted by atomic mass is 32.2. The van der Waals surface area contributed by atoms with Gasteiger partial charge < -0.3 is 10.4 Å². The fourth-order valence-electron chi connectivity index (χ4n) is 1.10. The zero-order chi connectivity index (χ0) is 11.3. The summed E-state index contributed by atoms with van der Waals surface area (Å²) < 4.78 is 21.2. The fourth-order valence-corrected chi connectivity index (χ4v) is 1.53. The van der Waals surface area contributed by atoms with Crippen molar-refractivity contribution in [1.82, 2.24) is 5.32 Å². The van der Waals surface area contributed by atoms with Crippen LogP contribution in [-0.4, -0.2) is 25.8 Å². The molecule has 0 aromatic heterocycles. The van der Waals surface area contributed by atoms with E-state index in [1.54, 1.807) is 24.3 Å². The van der Waals surface area contributed by atoms with Crippen LogP contribution >= 0.6 is 0 Å². The number of sulfonamides is 1. The maximum absolute atomic E-state index is 10.6. The van der Waals surface area contributed by atoms with Gasteiger partial charge in [-0.15, -0.1) is 0 Å². The number of rotatable bonds is 5. The predicted molar refractivity (Wildman–Crippen MR) is 57.8 cm³/mol. The number of aromatic hydroxyl groups is 1. The van der Waals surface area contributed by atoms with Gasteiger partial charge in [0.05, 0.1) is 5.75 Å². The highest BCUT2D eigenvalue weighted by Crippen LogP contribution is 2.14. The molecule has 0 spiro atoms. The molecule has 0 fully saturated rings. The van der Waals surface area contributed by atoms with Crippen molar-refractivity contribution in [2.75, 3.05) is 12.3 Å². The van der Waals surface area contributed by atoms with Gasteiger partial charge in [0.2, 0.25) is 10.0 Å². The lowest BCUT2D eigenvalue weighted by atomic mass is 10.2. The molecule has 1 aromatic rings. The van der Waals surface area contributed by atoms with Gasteiger partial charge in [-0.3, -0.25) is 0 Å². The molecule has 0 radical (unpaired) electrons. The zero-order valence-electron chi connectivity index (χ0n) is 8.18. The molecule has 84 valence electrons. The molecule has 0 saturated heterocycles. The Labute approximate surface area is 89.0 Å². The molecule has 0 unspecified atom stereocenters. The monoisotopic (exact) mass is 230 g/mol. The first-order valence-corrected chi connectivity index (χ1v) is 6.18. The number of hydrogen-bond donors (Lipinski definition) is 3. The predicted octanol–water partition coefficient (Wildman–Crippen LogP) is -0.230. The highest BCUT2D eigenvalue weighted by Gasteiger charge is 2.02. The van der Waals surface area contributed by atoms with Crippen LogP contribution in [0.4, 0.5) is 0 Å². The first-order chi connectivity index (χ1) is 6.99. The van der Waals surface area contributed by atoms with E-state index in [4.69, 9.17) is 5.14 Å². The Morgan fingerprint density at radius 2 is 2.00 bits per heavy atom. The first-order valence-electron chi connectivity index (χ1n) is 4.47. The lowest BCUT2D eigenvalue weighted by Gasteiger charge is -2.05. The Balaban J connectivity index is 2.36. The van der Waals surface area contributed by atoms with Gasteiger partial charge in [-0.1, -0.05) is 18.2 Å². The summed E-state index contributed by atoms with van der Waals surface area (Å²) in [6.07, 6.45) is 0. The molecule has 15 heavy (non-hydrogen) atoms. The summed E-state index contributed by atoms with van der Waals surface area (Å²) in [5.41, 5.74) is 0.729. The van der Waals surface area contributed by atoms with Crippen LogP contribution in [0.25, 0.3) is 0 Å². The van der Waals surface area contributed by atoms with Crippen molar-refractivity contribution in [3.05, 3.63) is 29.8 Å².